The van der Waals surface area contributed by atoms with Gasteiger partial charge in [0, 0.05) is 19.6 Å². The molecule has 0 bridgehead atoms. The molecule has 1 atom stereocenters. The Morgan fingerprint density at radius 2 is 2.25 bits per heavy atom. The van der Waals surface area contributed by atoms with Crippen LogP contribution in [0.3, 0.4) is 0 Å². The zero-order chi connectivity index (χ0) is 14.4. The molecule has 0 spiro atoms. The minimum Gasteiger partial charge on any atom is -0.390 e. The minimum absolute atomic E-state index is 0.0563. The number of rotatable bonds is 8. The number of nitro groups is 1. The molecule has 1 aromatic heterocycles. The van der Waals surface area contributed by atoms with Gasteiger partial charge in [-0.3, -0.25) is 14.8 Å². The van der Waals surface area contributed by atoms with E-state index in [2.05, 4.69) is 15.3 Å². The zero-order valence-corrected chi connectivity index (χ0v) is 11.4. The van der Waals surface area contributed by atoms with Crippen LogP contribution in [0, 0.1) is 10.1 Å². The van der Waals surface area contributed by atoms with E-state index in [0.29, 0.717) is 6.54 Å². The average molecular weight is 283 g/mol. The second-order valence-electron chi connectivity index (χ2n) is 5.08. The summed E-state index contributed by atoms with van der Waals surface area (Å²) >= 11 is 0. The summed E-state index contributed by atoms with van der Waals surface area (Å²) in [6.45, 7) is 4.89. The molecule has 1 fully saturated rings. The number of aromatic nitrogens is 2. The van der Waals surface area contributed by atoms with Crippen molar-refractivity contribution in [3.63, 3.8) is 0 Å². The first-order valence-electron chi connectivity index (χ1n) is 6.93. The molecule has 20 heavy (non-hydrogen) atoms. The van der Waals surface area contributed by atoms with Crippen molar-refractivity contribution in [1.82, 2.24) is 20.0 Å². The second kappa shape index (κ2) is 7.32. The van der Waals surface area contributed by atoms with Gasteiger partial charge < -0.3 is 15.3 Å². The van der Waals surface area contributed by atoms with Crippen LogP contribution in [-0.2, 0) is 6.54 Å². The summed E-state index contributed by atoms with van der Waals surface area (Å²) in [7, 11) is 0. The van der Waals surface area contributed by atoms with Crippen LogP contribution in [0.15, 0.2) is 12.4 Å². The Kier molecular flexibility index (Phi) is 5.45. The third kappa shape index (κ3) is 4.55. The zero-order valence-electron chi connectivity index (χ0n) is 11.4. The fraction of sp³-hybridized carbons (Fsp3) is 0.750. The second-order valence-corrected chi connectivity index (χ2v) is 5.08. The smallest absolute Gasteiger partial charge is 0.306 e. The Morgan fingerprint density at radius 1 is 1.50 bits per heavy atom. The van der Waals surface area contributed by atoms with Gasteiger partial charge in [0.1, 0.15) is 12.4 Å². The number of hydrogen-bond donors (Lipinski definition) is 2. The molecule has 0 saturated carbocycles. The quantitative estimate of drug-likeness (QED) is 0.391. The Balaban J connectivity index is 1.61. The van der Waals surface area contributed by atoms with E-state index in [9.17, 15) is 15.2 Å². The number of likely N-dealkylation sites (tertiary alicyclic amines) is 1. The summed E-state index contributed by atoms with van der Waals surface area (Å²) in [5.74, 6) is 0. The van der Waals surface area contributed by atoms with Gasteiger partial charge in [-0.05, 0) is 25.9 Å². The largest absolute Gasteiger partial charge is 0.390 e. The highest BCUT2D eigenvalue weighted by Crippen LogP contribution is 2.08. The lowest BCUT2D eigenvalue weighted by molar-refractivity contribution is -0.385. The number of aliphatic hydroxyl groups excluding tert-OH is 1. The molecule has 2 rings (SSSR count). The van der Waals surface area contributed by atoms with Crippen LogP contribution in [0.2, 0.25) is 0 Å². The summed E-state index contributed by atoms with van der Waals surface area (Å²) < 4.78 is 1.39. The first kappa shape index (κ1) is 14.9. The summed E-state index contributed by atoms with van der Waals surface area (Å²) in [5, 5.41) is 27.4. The predicted octanol–water partition coefficient (Wildman–Crippen LogP) is -0.162. The summed E-state index contributed by atoms with van der Waals surface area (Å²) in [6, 6.07) is 0. The maximum absolute atomic E-state index is 10.5. The van der Waals surface area contributed by atoms with Gasteiger partial charge in [-0.25, -0.2) is 0 Å². The van der Waals surface area contributed by atoms with Crippen LogP contribution < -0.4 is 5.32 Å². The van der Waals surface area contributed by atoms with E-state index in [1.165, 1.54) is 43.0 Å². The molecule has 8 nitrogen and oxygen atoms in total. The number of nitrogens with one attached hydrogen (secondary N) is 1. The molecule has 1 unspecified atom stereocenters. The van der Waals surface area contributed by atoms with Crippen molar-refractivity contribution in [3.8, 4) is 0 Å². The molecule has 0 radical (unpaired) electrons. The molecule has 1 saturated heterocycles. The number of hydrogen-bond acceptors (Lipinski definition) is 6. The van der Waals surface area contributed by atoms with Crippen molar-refractivity contribution in [2.75, 3.05) is 32.7 Å². The Bertz CT molecular complexity index is 430. The fourth-order valence-electron chi connectivity index (χ4n) is 2.34. The first-order chi connectivity index (χ1) is 9.65. The molecular weight excluding hydrogens is 262 g/mol. The van der Waals surface area contributed by atoms with E-state index in [-0.39, 0.29) is 12.2 Å². The standard InChI is InChI=1S/C12H21N5O3/c18-12(8-13-3-6-15-4-1-2-5-15)10-16-9-11(7-14-16)17(19)20/h7,9,12-13,18H,1-6,8,10H2. The molecule has 8 heteroatoms. The van der Waals surface area contributed by atoms with E-state index in [0.717, 1.165) is 13.1 Å². The molecule has 2 heterocycles. The van der Waals surface area contributed by atoms with Crippen molar-refractivity contribution in [2.45, 2.75) is 25.5 Å². The number of aliphatic hydroxyl groups is 1. The molecule has 112 valence electrons. The van der Waals surface area contributed by atoms with Gasteiger partial charge in [-0.15, -0.1) is 0 Å². The molecule has 1 aliphatic rings. The molecule has 0 amide bonds. The van der Waals surface area contributed by atoms with Crippen LogP contribution in [0.4, 0.5) is 5.69 Å². The summed E-state index contributed by atoms with van der Waals surface area (Å²) in [6.07, 6.45) is 4.47. The van der Waals surface area contributed by atoms with Gasteiger partial charge in [-0.1, -0.05) is 0 Å². The Hall–Kier alpha value is -1.51. The van der Waals surface area contributed by atoms with Gasteiger partial charge in [0.05, 0.1) is 17.6 Å². The highest BCUT2D eigenvalue weighted by atomic mass is 16.6. The summed E-state index contributed by atoms with van der Waals surface area (Å²) in [5.41, 5.74) is -0.0563. The molecule has 0 aromatic carbocycles. The van der Waals surface area contributed by atoms with Gasteiger partial charge in [0.15, 0.2) is 0 Å². The topological polar surface area (TPSA) is 96.5 Å². The third-order valence-corrected chi connectivity index (χ3v) is 3.41. The van der Waals surface area contributed by atoms with E-state index in [4.69, 9.17) is 0 Å². The fourth-order valence-corrected chi connectivity index (χ4v) is 2.34. The Labute approximate surface area is 117 Å². The maximum atomic E-state index is 10.5. The van der Waals surface area contributed by atoms with Crippen molar-refractivity contribution in [3.05, 3.63) is 22.5 Å². The van der Waals surface area contributed by atoms with E-state index >= 15 is 0 Å². The maximum Gasteiger partial charge on any atom is 0.306 e. The summed E-state index contributed by atoms with van der Waals surface area (Å²) in [4.78, 5) is 12.4. The van der Waals surface area contributed by atoms with Crippen molar-refractivity contribution in [2.24, 2.45) is 0 Å². The molecule has 1 aliphatic heterocycles. The van der Waals surface area contributed by atoms with Crippen LogP contribution in [-0.4, -0.2) is 63.5 Å². The highest BCUT2D eigenvalue weighted by molar-refractivity contribution is 5.20. The molecule has 2 N–H and O–H groups in total. The van der Waals surface area contributed by atoms with Crippen molar-refractivity contribution >= 4 is 5.69 Å². The lowest BCUT2D eigenvalue weighted by atomic mass is 10.3. The van der Waals surface area contributed by atoms with E-state index in [1.54, 1.807) is 0 Å². The van der Waals surface area contributed by atoms with E-state index in [1.807, 2.05) is 0 Å². The molecule has 1 aromatic rings. The van der Waals surface area contributed by atoms with Gasteiger partial charge in [0.2, 0.25) is 0 Å². The van der Waals surface area contributed by atoms with Crippen LogP contribution in [0.1, 0.15) is 12.8 Å². The minimum atomic E-state index is -0.604. The average Bonchev–Trinajstić information content (AvgIpc) is 3.05. The van der Waals surface area contributed by atoms with Gasteiger partial charge in [0.25, 0.3) is 0 Å². The van der Waals surface area contributed by atoms with Crippen LogP contribution >= 0.6 is 0 Å². The lowest BCUT2D eigenvalue weighted by Gasteiger charge is -2.16. The highest BCUT2D eigenvalue weighted by Gasteiger charge is 2.13. The van der Waals surface area contributed by atoms with Crippen LogP contribution in [0.5, 0.6) is 0 Å². The normalized spacial score (nSPS) is 17.4. The van der Waals surface area contributed by atoms with Crippen LogP contribution in [0.25, 0.3) is 0 Å². The first-order valence-corrected chi connectivity index (χ1v) is 6.93. The van der Waals surface area contributed by atoms with E-state index < -0.39 is 11.0 Å². The van der Waals surface area contributed by atoms with Gasteiger partial charge >= 0.3 is 5.69 Å². The van der Waals surface area contributed by atoms with Gasteiger partial charge in [-0.2, -0.15) is 5.10 Å². The van der Waals surface area contributed by atoms with Crippen molar-refractivity contribution in [1.29, 1.82) is 0 Å². The lowest BCUT2D eigenvalue weighted by Crippen LogP contribution is -2.35. The molecule has 0 aliphatic carbocycles. The number of nitrogens with zero attached hydrogens (tertiary/aromatic N) is 4. The Morgan fingerprint density at radius 3 is 2.90 bits per heavy atom. The SMILES string of the molecule is O=[N+]([O-])c1cnn(CC(O)CNCCN2CCCC2)c1. The molecular formula is C12H21N5O3. The predicted molar refractivity (Wildman–Crippen MR) is 73.4 cm³/mol. The monoisotopic (exact) mass is 283 g/mol. The third-order valence-electron chi connectivity index (χ3n) is 3.41. The van der Waals surface area contributed by atoms with Crippen molar-refractivity contribution < 1.29 is 10.0 Å².